The molecule has 28 heavy (non-hydrogen) atoms. The number of carbonyl (C=O) groups is 2. The van der Waals surface area contributed by atoms with Gasteiger partial charge in [0, 0.05) is 13.1 Å². The maximum atomic E-state index is 13.8. The molecule has 1 aromatic rings. The second kappa shape index (κ2) is 8.02. The molecule has 0 bridgehead atoms. The summed E-state index contributed by atoms with van der Waals surface area (Å²) >= 11 is 0. The number of likely N-dealkylation sites (tertiary alicyclic amines) is 1. The van der Waals surface area contributed by atoms with Crippen molar-refractivity contribution in [2.75, 3.05) is 26.5 Å². The van der Waals surface area contributed by atoms with Gasteiger partial charge in [-0.3, -0.25) is 9.59 Å². The van der Waals surface area contributed by atoms with Crippen molar-refractivity contribution in [3.05, 3.63) is 23.8 Å². The quantitative estimate of drug-likeness (QED) is 0.741. The van der Waals surface area contributed by atoms with Crippen LogP contribution in [-0.2, 0) is 19.7 Å². The van der Waals surface area contributed by atoms with Crippen molar-refractivity contribution < 1.29 is 23.8 Å². The highest BCUT2D eigenvalue weighted by Gasteiger charge is 2.45. The van der Waals surface area contributed by atoms with Gasteiger partial charge in [-0.2, -0.15) is 0 Å². The van der Waals surface area contributed by atoms with Crippen LogP contribution < -0.4 is 9.47 Å². The van der Waals surface area contributed by atoms with Crippen LogP contribution in [0.4, 0.5) is 0 Å². The van der Waals surface area contributed by atoms with Crippen molar-refractivity contribution in [3.8, 4) is 11.5 Å². The maximum absolute atomic E-state index is 13.8. The van der Waals surface area contributed by atoms with Gasteiger partial charge in [-0.25, -0.2) is 0 Å². The number of amides is 1. The second-order valence-corrected chi connectivity index (χ2v) is 8.05. The summed E-state index contributed by atoms with van der Waals surface area (Å²) in [5, 5.41) is 0. The molecule has 0 radical (unpaired) electrons. The van der Waals surface area contributed by atoms with Gasteiger partial charge in [0.15, 0.2) is 11.5 Å². The van der Waals surface area contributed by atoms with Crippen LogP contribution >= 0.6 is 0 Å². The molecule has 1 aliphatic carbocycles. The fourth-order valence-corrected chi connectivity index (χ4v) is 4.89. The molecule has 6 nitrogen and oxygen atoms in total. The van der Waals surface area contributed by atoms with Gasteiger partial charge in [-0.05, 0) is 50.3 Å². The van der Waals surface area contributed by atoms with Crippen LogP contribution in [0.3, 0.4) is 0 Å². The molecular formula is C22H29NO5. The van der Waals surface area contributed by atoms with E-state index in [1.807, 2.05) is 30.0 Å². The summed E-state index contributed by atoms with van der Waals surface area (Å²) in [4.78, 5) is 27.9. The first-order valence-corrected chi connectivity index (χ1v) is 10.5. The SMILES string of the molecule is CCOC(=O)[C@H]1CCCN(C(=O)C2(c3ccc4c(c3)OCO4)CCCCC2)C1. The Morgan fingerprint density at radius 3 is 2.71 bits per heavy atom. The largest absolute Gasteiger partial charge is 0.466 e. The number of nitrogens with zero attached hydrogens (tertiary/aromatic N) is 1. The van der Waals surface area contributed by atoms with Gasteiger partial charge in [-0.1, -0.05) is 25.3 Å². The van der Waals surface area contributed by atoms with Crippen LogP contribution in [0.1, 0.15) is 57.4 Å². The topological polar surface area (TPSA) is 65.1 Å². The highest BCUT2D eigenvalue weighted by Crippen LogP contribution is 2.45. The summed E-state index contributed by atoms with van der Waals surface area (Å²) in [6, 6.07) is 5.92. The van der Waals surface area contributed by atoms with Gasteiger partial charge in [0.2, 0.25) is 12.7 Å². The van der Waals surface area contributed by atoms with Gasteiger partial charge >= 0.3 is 5.97 Å². The predicted octanol–water partition coefficient (Wildman–Crippen LogP) is 3.42. The molecule has 4 rings (SSSR count). The number of fused-ring (bicyclic) bond motifs is 1. The third kappa shape index (κ3) is 3.45. The smallest absolute Gasteiger partial charge is 0.310 e. The third-order valence-electron chi connectivity index (χ3n) is 6.37. The summed E-state index contributed by atoms with van der Waals surface area (Å²) in [5.41, 5.74) is 0.482. The predicted molar refractivity (Wildman–Crippen MR) is 103 cm³/mol. The minimum atomic E-state index is -0.532. The molecule has 152 valence electrons. The van der Waals surface area contributed by atoms with Crippen molar-refractivity contribution >= 4 is 11.9 Å². The zero-order chi connectivity index (χ0) is 19.6. The van der Waals surface area contributed by atoms with Gasteiger partial charge in [0.25, 0.3) is 0 Å². The van der Waals surface area contributed by atoms with Crippen molar-refractivity contribution in [2.24, 2.45) is 5.92 Å². The van der Waals surface area contributed by atoms with E-state index < -0.39 is 5.41 Å². The lowest BCUT2D eigenvalue weighted by molar-refractivity contribution is -0.152. The summed E-state index contributed by atoms with van der Waals surface area (Å²) < 4.78 is 16.2. The van der Waals surface area contributed by atoms with Crippen LogP contribution in [0.2, 0.25) is 0 Å². The van der Waals surface area contributed by atoms with E-state index in [2.05, 4.69) is 0 Å². The van der Waals surface area contributed by atoms with Crippen molar-refractivity contribution in [3.63, 3.8) is 0 Å². The van der Waals surface area contributed by atoms with Crippen LogP contribution in [0.15, 0.2) is 18.2 Å². The Balaban J connectivity index is 1.60. The number of benzene rings is 1. The zero-order valence-electron chi connectivity index (χ0n) is 16.6. The van der Waals surface area contributed by atoms with E-state index >= 15 is 0 Å². The molecule has 2 fully saturated rings. The van der Waals surface area contributed by atoms with Crippen LogP contribution in [-0.4, -0.2) is 43.3 Å². The Morgan fingerprint density at radius 2 is 1.93 bits per heavy atom. The van der Waals surface area contributed by atoms with Gasteiger partial charge in [0.05, 0.1) is 17.9 Å². The fraction of sp³-hybridized carbons (Fsp3) is 0.636. The number of ether oxygens (including phenoxy) is 3. The van der Waals surface area contributed by atoms with Crippen LogP contribution in [0.25, 0.3) is 0 Å². The van der Waals surface area contributed by atoms with Gasteiger partial charge < -0.3 is 19.1 Å². The van der Waals surface area contributed by atoms with Gasteiger partial charge in [0.1, 0.15) is 0 Å². The maximum Gasteiger partial charge on any atom is 0.310 e. The van der Waals surface area contributed by atoms with E-state index in [-0.39, 0.29) is 24.6 Å². The first-order chi connectivity index (χ1) is 13.6. The van der Waals surface area contributed by atoms with E-state index in [0.29, 0.717) is 19.7 Å². The molecule has 0 aromatic heterocycles. The van der Waals surface area contributed by atoms with E-state index in [4.69, 9.17) is 14.2 Å². The molecule has 2 aliphatic heterocycles. The van der Waals surface area contributed by atoms with Crippen LogP contribution in [0.5, 0.6) is 11.5 Å². The summed E-state index contributed by atoms with van der Waals surface area (Å²) in [7, 11) is 0. The number of piperidine rings is 1. The zero-order valence-corrected chi connectivity index (χ0v) is 16.6. The standard InChI is InChI=1S/C22H29NO5/c1-2-26-20(24)16-7-6-12-23(14-16)21(25)22(10-4-3-5-11-22)17-8-9-18-19(13-17)28-15-27-18/h8-9,13,16H,2-7,10-12,14-15H2,1H3/t16-/m0/s1. The summed E-state index contributed by atoms with van der Waals surface area (Å²) in [5.74, 6) is 1.22. The molecular weight excluding hydrogens is 358 g/mol. The molecule has 0 N–H and O–H groups in total. The second-order valence-electron chi connectivity index (χ2n) is 8.05. The fourth-order valence-electron chi connectivity index (χ4n) is 4.89. The lowest BCUT2D eigenvalue weighted by Gasteiger charge is -2.42. The molecule has 0 spiro atoms. The number of esters is 1. The van der Waals surface area contributed by atoms with Gasteiger partial charge in [-0.15, -0.1) is 0 Å². The molecule has 3 aliphatic rings. The molecule has 1 saturated carbocycles. The first kappa shape index (κ1) is 19.1. The number of hydrogen-bond acceptors (Lipinski definition) is 5. The molecule has 1 saturated heterocycles. The molecule has 1 amide bonds. The van der Waals surface area contributed by atoms with E-state index in [1.165, 1.54) is 0 Å². The average Bonchev–Trinajstić information content (AvgIpc) is 3.22. The highest BCUT2D eigenvalue weighted by molar-refractivity contribution is 5.89. The van der Waals surface area contributed by atoms with Crippen molar-refractivity contribution in [1.82, 2.24) is 4.90 Å². The molecule has 1 atom stereocenters. The number of carbonyl (C=O) groups excluding carboxylic acids is 2. The summed E-state index contributed by atoms with van der Waals surface area (Å²) in [6.07, 6.45) is 6.54. The minimum Gasteiger partial charge on any atom is -0.466 e. The molecule has 0 unspecified atom stereocenters. The Morgan fingerprint density at radius 1 is 1.14 bits per heavy atom. The Kier molecular flexibility index (Phi) is 5.47. The van der Waals surface area contributed by atoms with E-state index in [0.717, 1.165) is 62.0 Å². The van der Waals surface area contributed by atoms with Crippen molar-refractivity contribution in [2.45, 2.75) is 57.3 Å². The Bertz CT molecular complexity index is 740. The van der Waals surface area contributed by atoms with E-state index in [9.17, 15) is 9.59 Å². The third-order valence-corrected chi connectivity index (χ3v) is 6.37. The Hall–Kier alpha value is -2.24. The summed E-state index contributed by atoms with van der Waals surface area (Å²) in [6.45, 7) is 3.60. The minimum absolute atomic E-state index is 0.153. The lowest BCUT2D eigenvalue weighted by Crippen LogP contribution is -2.52. The van der Waals surface area contributed by atoms with Crippen molar-refractivity contribution in [1.29, 1.82) is 0 Å². The molecule has 6 heteroatoms. The highest BCUT2D eigenvalue weighted by atomic mass is 16.7. The lowest BCUT2D eigenvalue weighted by atomic mass is 9.68. The average molecular weight is 387 g/mol. The first-order valence-electron chi connectivity index (χ1n) is 10.5. The van der Waals surface area contributed by atoms with E-state index in [1.54, 1.807) is 0 Å². The number of rotatable bonds is 4. The molecule has 1 aromatic carbocycles. The number of hydrogen-bond donors (Lipinski definition) is 0. The van der Waals surface area contributed by atoms with Crippen LogP contribution in [0, 0.1) is 5.92 Å². The monoisotopic (exact) mass is 387 g/mol. The molecule has 2 heterocycles. The normalized spacial score (nSPS) is 23.3. The Labute approximate surface area is 166 Å².